The molecule has 3 aliphatic carbocycles. The number of phenolic OH excluding ortho intramolecular Hbond substituents is 1. The van der Waals surface area contributed by atoms with Crippen LogP contribution >= 0.6 is 11.6 Å². The lowest BCUT2D eigenvalue weighted by Gasteiger charge is -2.41. The van der Waals surface area contributed by atoms with Crippen LogP contribution in [0.4, 0.5) is 5.69 Å². The standard InChI is InChI=1S/C33H28ClNO7/c1-16-12-25(36)24-15-23-20(10-11-22-29(23)33(40)35(32(22)39)19-7-5-18(34)6-8-19)21(28(24)30(16)37)9-4-17-13-26(41-2)31(38)27(14-17)42-3/h4-10,12-14,21-23,29,38H,11,15H2,1-3H3. The molecule has 0 aromatic heterocycles. The van der Waals surface area contributed by atoms with E-state index in [2.05, 4.69) is 0 Å². The van der Waals surface area contributed by atoms with Crippen LogP contribution in [0.5, 0.6) is 17.2 Å². The van der Waals surface area contributed by atoms with E-state index in [9.17, 15) is 24.3 Å². The van der Waals surface area contributed by atoms with E-state index in [0.717, 1.165) is 5.57 Å². The fraction of sp³-hybridized carbons (Fsp3) is 0.273. The second-order valence-corrected chi connectivity index (χ2v) is 11.3. The molecule has 1 heterocycles. The number of carbonyl (C=O) groups is 4. The first-order chi connectivity index (χ1) is 20.1. The smallest absolute Gasteiger partial charge is 0.238 e. The Balaban J connectivity index is 1.43. The Labute approximate surface area is 247 Å². The van der Waals surface area contributed by atoms with Gasteiger partial charge in [-0.2, -0.15) is 0 Å². The molecule has 4 aliphatic rings. The van der Waals surface area contributed by atoms with Gasteiger partial charge in [-0.05, 0) is 73.7 Å². The highest BCUT2D eigenvalue weighted by Crippen LogP contribution is 2.53. The summed E-state index contributed by atoms with van der Waals surface area (Å²) in [4.78, 5) is 55.4. The number of hydrogen-bond donors (Lipinski definition) is 1. The van der Waals surface area contributed by atoms with Crippen molar-refractivity contribution in [3.63, 3.8) is 0 Å². The van der Waals surface area contributed by atoms with Gasteiger partial charge in [0.1, 0.15) is 0 Å². The van der Waals surface area contributed by atoms with Crippen LogP contribution in [-0.4, -0.2) is 42.7 Å². The number of Topliss-reactive ketones (excluding diaryl/α,β-unsaturated/α-hetero) is 1. The molecule has 2 amide bonds. The first kappa shape index (κ1) is 27.7. The molecule has 4 atom stereocenters. The molecule has 214 valence electrons. The van der Waals surface area contributed by atoms with Crippen molar-refractivity contribution < 1.29 is 33.8 Å². The average Bonchev–Trinajstić information content (AvgIpc) is 3.24. The Bertz CT molecular complexity index is 1660. The van der Waals surface area contributed by atoms with Gasteiger partial charge in [-0.25, -0.2) is 0 Å². The molecule has 0 radical (unpaired) electrons. The summed E-state index contributed by atoms with van der Waals surface area (Å²) in [7, 11) is 2.87. The number of benzene rings is 2. The second kappa shape index (κ2) is 10.4. The van der Waals surface area contributed by atoms with E-state index < -0.39 is 23.7 Å². The lowest BCUT2D eigenvalue weighted by atomic mass is 9.60. The van der Waals surface area contributed by atoms with Crippen molar-refractivity contribution in [3.05, 3.63) is 87.5 Å². The maximum absolute atomic E-state index is 13.9. The summed E-state index contributed by atoms with van der Waals surface area (Å²) in [6.45, 7) is 1.63. The van der Waals surface area contributed by atoms with Crippen LogP contribution in [0, 0.1) is 23.7 Å². The van der Waals surface area contributed by atoms with E-state index in [-0.39, 0.29) is 47.1 Å². The molecule has 1 N–H and O–H groups in total. The highest BCUT2D eigenvalue weighted by molar-refractivity contribution is 6.31. The third kappa shape index (κ3) is 4.29. The summed E-state index contributed by atoms with van der Waals surface area (Å²) in [6.07, 6.45) is 7.48. The van der Waals surface area contributed by atoms with E-state index in [1.807, 2.05) is 12.2 Å². The predicted molar refractivity (Wildman–Crippen MR) is 156 cm³/mol. The molecule has 9 heteroatoms. The summed E-state index contributed by atoms with van der Waals surface area (Å²) in [5.41, 5.74) is 3.09. The highest BCUT2D eigenvalue weighted by Gasteiger charge is 2.56. The summed E-state index contributed by atoms with van der Waals surface area (Å²) < 4.78 is 10.6. The van der Waals surface area contributed by atoms with Crippen molar-refractivity contribution in [1.82, 2.24) is 0 Å². The Morgan fingerprint density at radius 1 is 0.976 bits per heavy atom. The molecule has 2 aromatic rings. The van der Waals surface area contributed by atoms with Gasteiger partial charge in [0.25, 0.3) is 0 Å². The van der Waals surface area contributed by atoms with E-state index in [1.165, 1.54) is 25.2 Å². The number of halogens is 1. The number of ketones is 2. The fourth-order valence-electron chi connectivity index (χ4n) is 6.70. The number of phenols is 1. The van der Waals surface area contributed by atoms with Crippen LogP contribution in [-0.2, 0) is 19.2 Å². The number of rotatable bonds is 5. The number of ether oxygens (including phenoxy) is 2. The van der Waals surface area contributed by atoms with Crippen LogP contribution in [0.2, 0.25) is 5.02 Å². The first-order valence-corrected chi connectivity index (χ1v) is 14.0. The van der Waals surface area contributed by atoms with Gasteiger partial charge in [-0.15, -0.1) is 0 Å². The topological polar surface area (TPSA) is 110 Å². The lowest BCUT2D eigenvalue weighted by Crippen LogP contribution is -2.40. The molecule has 4 unspecified atom stereocenters. The Morgan fingerprint density at radius 3 is 2.29 bits per heavy atom. The van der Waals surface area contributed by atoms with E-state index >= 15 is 0 Å². The molecule has 42 heavy (non-hydrogen) atoms. The van der Waals surface area contributed by atoms with Crippen LogP contribution in [0.1, 0.15) is 25.3 Å². The number of nitrogens with zero attached hydrogens (tertiary/aromatic N) is 1. The molecule has 0 saturated carbocycles. The number of hydrogen-bond acceptors (Lipinski definition) is 7. The van der Waals surface area contributed by atoms with Crippen molar-refractivity contribution in [1.29, 1.82) is 0 Å². The molecule has 1 aliphatic heterocycles. The zero-order chi connectivity index (χ0) is 29.9. The number of allylic oxidation sites excluding steroid dienone is 7. The van der Waals surface area contributed by atoms with Gasteiger partial charge in [0.2, 0.25) is 17.6 Å². The maximum Gasteiger partial charge on any atom is 0.238 e. The monoisotopic (exact) mass is 585 g/mol. The van der Waals surface area contributed by atoms with Crippen LogP contribution in [0.25, 0.3) is 6.08 Å². The Morgan fingerprint density at radius 2 is 1.64 bits per heavy atom. The fourth-order valence-corrected chi connectivity index (χ4v) is 6.83. The molecule has 0 spiro atoms. The van der Waals surface area contributed by atoms with E-state index in [4.69, 9.17) is 21.1 Å². The van der Waals surface area contributed by atoms with Gasteiger partial charge in [-0.1, -0.05) is 35.4 Å². The zero-order valence-electron chi connectivity index (χ0n) is 23.2. The number of fused-ring (bicyclic) bond motifs is 3. The Kier molecular flexibility index (Phi) is 6.89. The molecular weight excluding hydrogens is 558 g/mol. The minimum absolute atomic E-state index is 0.135. The lowest BCUT2D eigenvalue weighted by molar-refractivity contribution is -0.123. The number of anilines is 1. The number of carbonyl (C=O) groups excluding carboxylic acids is 4. The zero-order valence-corrected chi connectivity index (χ0v) is 24.0. The number of methoxy groups -OCH3 is 2. The number of amides is 2. The maximum atomic E-state index is 13.9. The third-order valence-corrected chi connectivity index (χ3v) is 8.93. The number of imide groups is 1. The van der Waals surface area contributed by atoms with Crippen molar-refractivity contribution in [2.75, 3.05) is 19.1 Å². The molecule has 1 saturated heterocycles. The second-order valence-electron chi connectivity index (χ2n) is 10.9. The molecular formula is C33H28ClNO7. The summed E-state index contributed by atoms with van der Waals surface area (Å²) >= 11 is 6.04. The normalized spacial score (nSPS) is 25.3. The van der Waals surface area contributed by atoms with Crippen molar-refractivity contribution >= 4 is 46.7 Å². The molecule has 8 nitrogen and oxygen atoms in total. The van der Waals surface area contributed by atoms with Gasteiger partial charge >= 0.3 is 0 Å². The van der Waals surface area contributed by atoms with Crippen LogP contribution in [0.3, 0.4) is 0 Å². The molecule has 6 rings (SSSR count). The summed E-state index contributed by atoms with van der Waals surface area (Å²) in [6, 6.07) is 9.84. The SMILES string of the molecule is COc1cc(C=CC2C3=CCC4C(=O)N(c5ccc(Cl)cc5)C(=O)C4C3CC3=C2C(=O)C(C)=CC3=O)cc(OC)c1O. The Hall–Kier alpha value is -4.43. The first-order valence-electron chi connectivity index (χ1n) is 13.6. The predicted octanol–water partition coefficient (Wildman–Crippen LogP) is 5.24. The van der Waals surface area contributed by atoms with Gasteiger partial charge < -0.3 is 14.6 Å². The minimum Gasteiger partial charge on any atom is -0.502 e. The third-order valence-electron chi connectivity index (χ3n) is 8.68. The summed E-state index contributed by atoms with van der Waals surface area (Å²) in [5.74, 6) is -3.00. The van der Waals surface area contributed by atoms with Gasteiger partial charge in [0.15, 0.2) is 23.1 Å². The molecule has 1 fully saturated rings. The highest BCUT2D eigenvalue weighted by atomic mass is 35.5. The largest absolute Gasteiger partial charge is 0.502 e. The van der Waals surface area contributed by atoms with Gasteiger partial charge in [0, 0.05) is 27.7 Å². The summed E-state index contributed by atoms with van der Waals surface area (Å²) in [5, 5.41) is 10.8. The van der Waals surface area contributed by atoms with Crippen molar-refractivity contribution in [2.24, 2.45) is 23.7 Å². The quantitative estimate of drug-likeness (QED) is 0.290. The van der Waals surface area contributed by atoms with E-state index in [1.54, 1.807) is 49.4 Å². The van der Waals surface area contributed by atoms with Crippen molar-refractivity contribution in [2.45, 2.75) is 19.8 Å². The average molecular weight is 586 g/mol. The van der Waals surface area contributed by atoms with Crippen molar-refractivity contribution in [3.8, 4) is 17.2 Å². The minimum atomic E-state index is -0.665. The van der Waals surface area contributed by atoms with Crippen LogP contribution in [0.15, 0.2) is 76.9 Å². The molecule has 2 aromatic carbocycles. The number of aromatic hydroxyl groups is 1. The van der Waals surface area contributed by atoms with Crippen LogP contribution < -0.4 is 14.4 Å². The molecule has 0 bridgehead atoms. The van der Waals surface area contributed by atoms with Gasteiger partial charge in [-0.3, -0.25) is 24.1 Å². The van der Waals surface area contributed by atoms with Gasteiger partial charge in [0.05, 0.1) is 31.7 Å². The van der Waals surface area contributed by atoms with E-state index in [0.29, 0.717) is 39.4 Å².